The van der Waals surface area contributed by atoms with E-state index in [1.165, 1.54) is 6.08 Å². The molecule has 5 nitrogen and oxygen atoms in total. The van der Waals surface area contributed by atoms with Crippen LogP contribution in [0.1, 0.15) is 12.8 Å². The van der Waals surface area contributed by atoms with Crippen molar-refractivity contribution in [3.63, 3.8) is 0 Å². The molecule has 0 heterocycles. The average Bonchev–Trinajstić information content (AvgIpc) is 2.86. The smallest absolute Gasteiger partial charge is 0.356 e. The SMILES string of the molecule is C=CCOC(=O)C(C(=O)CCC(=O)O)[P+](c1ccccc1)(c1ccccc1)c1ccccc1. The number of carboxylic acid groups (broad SMARTS) is 1. The number of carbonyl (C=O) groups is 3. The molecular weight excluding hydrogens is 435 g/mol. The van der Waals surface area contributed by atoms with E-state index in [0.717, 1.165) is 15.9 Å². The molecule has 0 radical (unpaired) electrons. The van der Waals surface area contributed by atoms with Crippen molar-refractivity contribution in [2.24, 2.45) is 0 Å². The summed E-state index contributed by atoms with van der Waals surface area (Å²) in [5, 5.41) is 11.7. The number of esters is 1. The zero-order valence-corrected chi connectivity index (χ0v) is 19.1. The number of hydrogen-bond donors (Lipinski definition) is 1. The summed E-state index contributed by atoms with van der Waals surface area (Å²) in [6.45, 7) is 3.56. The van der Waals surface area contributed by atoms with Gasteiger partial charge < -0.3 is 9.84 Å². The zero-order chi connectivity index (χ0) is 23.7. The second-order valence-electron chi connectivity index (χ2n) is 7.41. The van der Waals surface area contributed by atoms with Crippen LogP contribution in [0, 0.1) is 0 Å². The molecule has 3 aromatic carbocycles. The van der Waals surface area contributed by atoms with Gasteiger partial charge in [0.2, 0.25) is 5.66 Å². The summed E-state index contributed by atoms with van der Waals surface area (Å²) < 4.78 is 5.45. The summed E-state index contributed by atoms with van der Waals surface area (Å²) in [5.74, 6) is -2.21. The first kappa shape index (κ1) is 24.1. The standard InChI is InChI=1S/C27H25O5P/c1-2-20-32-27(31)26(24(28)18-19-25(29)30)33(21-12-6-3-7-13-21,22-14-8-4-9-15-22)23-16-10-5-11-17-23/h2-17,26H,1,18-20H2/p+1. The van der Waals surface area contributed by atoms with Crippen molar-refractivity contribution < 1.29 is 24.2 Å². The Balaban J connectivity index is 2.36. The molecule has 0 aliphatic rings. The van der Waals surface area contributed by atoms with E-state index < -0.39 is 30.6 Å². The van der Waals surface area contributed by atoms with E-state index in [0.29, 0.717) is 0 Å². The fourth-order valence-corrected chi connectivity index (χ4v) is 8.64. The number of ether oxygens (including phenoxy) is 1. The van der Waals surface area contributed by atoms with Crippen molar-refractivity contribution in [3.8, 4) is 0 Å². The van der Waals surface area contributed by atoms with Gasteiger partial charge in [-0.05, 0) is 36.4 Å². The highest BCUT2D eigenvalue weighted by molar-refractivity contribution is 7.97. The number of Topliss-reactive ketones (excluding diaryl/α,β-unsaturated/α-hetero) is 1. The lowest BCUT2D eigenvalue weighted by Gasteiger charge is -2.32. The molecule has 1 unspecified atom stereocenters. The van der Waals surface area contributed by atoms with E-state index >= 15 is 0 Å². The minimum absolute atomic E-state index is 0.0418. The van der Waals surface area contributed by atoms with E-state index in [-0.39, 0.29) is 19.4 Å². The highest BCUT2D eigenvalue weighted by atomic mass is 31.2. The summed E-state index contributed by atoms with van der Waals surface area (Å²) in [6, 6.07) is 28.4. The maximum absolute atomic E-state index is 13.7. The summed E-state index contributed by atoms with van der Waals surface area (Å²) in [5.41, 5.74) is -1.19. The maximum atomic E-state index is 13.7. The third-order valence-corrected chi connectivity index (χ3v) is 9.95. The molecule has 0 saturated heterocycles. The highest BCUT2D eigenvalue weighted by Gasteiger charge is 2.59. The third kappa shape index (κ3) is 5.27. The first-order valence-corrected chi connectivity index (χ1v) is 12.4. The van der Waals surface area contributed by atoms with Crippen LogP contribution >= 0.6 is 7.26 Å². The van der Waals surface area contributed by atoms with Gasteiger partial charge in [0.15, 0.2) is 5.78 Å². The van der Waals surface area contributed by atoms with Crippen molar-refractivity contribution in [1.29, 1.82) is 0 Å². The number of rotatable bonds is 11. The normalized spacial score (nSPS) is 11.9. The van der Waals surface area contributed by atoms with Crippen molar-refractivity contribution in [2.75, 3.05) is 6.61 Å². The number of ketones is 1. The lowest BCUT2D eigenvalue weighted by molar-refractivity contribution is -0.145. The van der Waals surface area contributed by atoms with Crippen LogP contribution in [0.4, 0.5) is 0 Å². The number of carbonyl (C=O) groups excluding carboxylic acids is 2. The van der Waals surface area contributed by atoms with Crippen LogP contribution in [0.3, 0.4) is 0 Å². The molecule has 0 aromatic heterocycles. The van der Waals surface area contributed by atoms with Crippen LogP contribution in [0.5, 0.6) is 0 Å². The summed E-state index contributed by atoms with van der Waals surface area (Å²) in [6.07, 6.45) is 0.824. The van der Waals surface area contributed by atoms with Gasteiger partial charge in [0.05, 0.1) is 6.42 Å². The van der Waals surface area contributed by atoms with Crippen molar-refractivity contribution in [3.05, 3.63) is 104 Å². The van der Waals surface area contributed by atoms with Gasteiger partial charge in [0.25, 0.3) is 0 Å². The molecule has 3 aromatic rings. The first-order chi connectivity index (χ1) is 16.0. The Labute approximate surface area is 194 Å². The number of aliphatic carboxylic acids is 1. The van der Waals surface area contributed by atoms with Gasteiger partial charge in [-0.3, -0.25) is 9.59 Å². The van der Waals surface area contributed by atoms with Crippen molar-refractivity contribution in [2.45, 2.75) is 18.5 Å². The Morgan fingerprint density at radius 1 is 0.788 bits per heavy atom. The largest absolute Gasteiger partial charge is 0.481 e. The summed E-state index contributed by atoms with van der Waals surface area (Å²) in [4.78, 5) is 38.5. The molecule has 0 spiro atoms. The van der Waals surface area contributed by atoms with E-state index in [4.69, 9.17) is 4.74 Å². The molecule has 1 N–H and O–H groups in total. The second kappa shape index (κ2) is 11.3. The van der Waals surface area contributed by atoms with Crippen LogP contribution in [-0.2, 0) is 19.1 Å². The highest BCUT2D eigenvalue weighted by Crippen LogP contribution is 2.60. The van der Waals surface area contributed by atoms with Gasteiger partial charge in [-0.15, -0.1) is 0 Å². The minimum Gasteiger partial charge on any atom is -0.481 e. The van der Waals surface area contributed by atoms with Crippen LogP contribution in [0.15, 0.2) is 104 Å². The Morgan fingerprint density at radius 3 is 1.58 bits per heavy atom. The summed E-state index contributed by atoms with van der Waals surface area (Å²) >= 11 is 0. The number of carboxylic acids is 1. The van der Waals surface area contributed by atoms with Gasteiger partial charge in [0, 0.05) is 6.42 Å². The molecule has 0 aliphatic carbocycles. The molecule has 0 saturated carbocycles. The van der Waals surface area contributed by atoms with Crippen molar-refractivity contribution >= 4 is 40.9 Å². The monoisotopic (exact) mass is 461 g/mol. The molecule has 168 valence electrons. The molecule has 0 amide bonds. The third-order valence-electron chi connectivity index (χ3n) is 5.33. The zero-order valence-electron chi connectivity index (χ0n) is 18.2. The molecular formula is C27H26O5P+. The predicted octanol–water partition coefficient (Wildman–Crippen LogP) is 3.51. The van der Waals surface area contributed by atoms with Crippen LogP contribution in [-0.4, -0.2) is 35.1 Å². The van der Waals surface area contributed by atoms with Gasteiger partial charge in [0.1, 0.15) is 29.8 Å². The lowest BCUT2D eigenvalue weighted by atomic mass is 10.1. The van der Waals surface area contributed by atoms with Crippen LogP contribution < -0.4 is 15.9 Å². The van der Waals surface area contributed by atoms with Crippen LogP contribution in [0.2, 0.25) is 0 Å². The molecule has 0 bridgehead atoms. The first-order valence-electron chi connectivity index (χ1n) is 10.6. The Hall–Kier alpha value is -3.56. The Bertz CT molecular complexity index is 1000. The molecule has 1 atom stereocenters. The molecule has 3 rings (SSSR count). The van der Waals surface area contributed by atoms with Gasteiger partial charge >= 0.3 is 11.9 Å². The molecule has 0 fully saturated rings. The quantitative estimate of drug-likeness (QED) is 0.205. The fourth-order valence-electron chi connectivity index (χ4n) is 3.98. The maximum Gasteiger partial charge on any atom is 0.356 e. The van der Waals surface area contributed by atoms with Crippen LogP contribution in [0.25, 0.3) is 0 Å². The number of hydrogen-bond acceptors (Lipinski definition) is 4. The van der Waals surface area contributed by atoms with Crippen molar-refractivity contribution in [1.82, 2.24) is 0 Å². The lowest BCUT2D eigenvalue weighted by Crippen LogP contribution is -2.47. The van der Waals surface area contributed by atoms with Gasteiger partial charge in [-0.25, -0.2) is 4.79 Å². The van der Waals surface area contributed by atoms with E-state index in [2.05, 4.69) is 6.58 Å². The molecule has 6 heteroatoms. The molecule has 33 heavy (non-hydrogen) atoms. The topological polar surface area (TPSA) is 80.7 Å². The van der Waals surface area contributed by atoms with Gasteiger partial charge in [-0.1, -0.05) is 67.3 Å². The van der Waals surface area contributed by atoms with E-state index in [1.54, 1.807) is 0 Å². The Morgan fingerprint density at radius 2 is 1.21 bits per heavy atom. The van der Waals surface area contributed by atoms with E-state index in [9.17, 15) is 19.5 Å². The average molecular weight is 461 g/mol. The van der Waals surface area contributed by atoms with Gasteiger partial charge in [-0.2, -0.15) is 0 Å². The second-order valence-corrected chi connectivity index (χ2v) is 10.9. The summed E-state index contributed by atoms with van der Waals surface area (Å²) in [7, 11) is -2.93. The molecule has 0 aliphatic heterocycles. The fraction of sp³-hybridized carbons (Fsp3) is 0.148. The minimum atomic E-state index is -2.93. The predicted molar refractivity (Wildman–Crippen MR) is 132 cm³/mol. The van der Waals surface area contributed by atoms with E-state index in [1.807, 2.05) is 91.0 Å². The number of benzene rings is 3. The Kier molecular flexibility index (Phi) is 8.28.